The van der Waals surface area contributed by atoms with E-state index in [4.69, 9.17) is 10.2 Å². The van der Waals surface area contributed by atoms with Crippen molar-refractivity contribution in [3.8, 4) is 0 Å². The van der Waals surface area contributed by atoms with E-state index >= 15 is 0 Å². The van der Waals surface area contributed by atoms with E-state index in [1.165, 1.54) is 0 Å². The van der Waals surface area contributed by atoms with Crippen molar-refractivity contribution in [3.63, 3.8) is 0 Å². The first kappa shape index (κ1) is 6.92. The van der Waals surface area contributed by atoms with Crippen LogP contribution in [0, 0.1) is 0 Å². The lowest BCUT2D eigenvalue weighted by atomic mass is 10.2. The Balaban J connectivity index is 2.41. The lowest BCUT2D eigenvalue weighted by Gasteiger charge is -2.09. The lowest BCUT2D eigenvalue weighted by molar-refractivity contribution is 0.0117. The zero-order chi connectivity index (χ0) is 6.85. The van der Waals surface area contributed by atoms with Crippen LogP contribution in [0.15, 0.2) is 0 Å². The number of halogens is 1. The fourth-order valence-corrected chi connectivity index (χ4v) is 0.803. The van der Waals surface area contributed by atoms with E-state index in [-0.39, 0.29) is 6.61 Å². The molecule has 0 aromatic heterocycles. The normalized spacial score (nSPS) is 43.7. The fraction of sp³-hybridized carbons (Fsp3) is 1.00. The summed E-state index contributed by atoms with van der Waals surface area (Å²) in [5, 5.41) is 17.6. The molecule has 4 heteroatoms. The van der Waals surface area contributed by atoms with E-state index in [1.54, 1.807) is 0 Å². The summed E-state index contributed by atoms with van der Waals surface area (Å²) in [7, 11) is 0. The van der Waals surface area contributed by atoms with Crippen molar-refractivity contribution in [3.05, 3.63) is 0 Å². The van der Waals surface area contributed by atoms with Gasteiger partial charge in [0.05, 0.1) is 6.61 Å². The van der Waals surface area contributed by atoms with Gasteiger partial charge in [0.1, 0.15) is 25.0 Å². The van der Waals surface area contributed by atoms with Gasteiger partial charge in [0.15, 0.2) is 0 Å². The summed E-state index contributed by atoms with van der Waals surface area (Å²) >= 11 is 0. The van der Waals surface area contributed by atoms with Gasteiger partial charge in [-0.25, -0.2) is 4.39 Å². The minimum atomic E-state index is -1.05. The Morgan fingerprint density at radius 2 is 2.22 bits per heavy atom. The molecule has 54 valence electrons. The first-order chi connectivity index (χ1) is 4.25. The molecule has 1 aliphatic rings. The monoisotopic (exact) mass is 136 g/mol. The van der Waals surface area contributed by atoms with Gasteiger partial charge >= 0.3 is 0 Å². The van der Waals surface area contributed by atoms with Gasteiger partial charge in [0, 0.05) is 0 Å². The Morgan fingerprint density at radius 3 is 2.44 bits per heavy atom. The molecule has 0 aromatic carbocycles. The van der Waals surface area contributed by atoms with Crippen LogP contribution in [0.5, 0.6) is 0 Å². The molecular formula is C5H9FO3. The average molecular weight is 136 g/mol. The van der Waals surface area contributed by atoms with Crippen LogP contribution in [0.3, 0.4) is 0 Å². The van der Waals surface area contributed by atoms with Crippen LogP contribution in [-0.2, 0) is 4.74 Å². The van der Waals surface area contributed by atoms with E-state index in [0.29, 0.717) is 0 Å². The van der Waals surface area contributed by atoms with Crippen LogP contribution in [0.2, 0.25) is 0 Å². The number of aliphatic hydroxyl groups is 2. The summed E-state index contributed by atoms with van der Waals surface area (Å²) in [6.45, 7) is -0.700. The molecule has 1 fully saturated rings. The van der Waals surface area contributed by atoms with Gasteiger partial charge in [-0.3, -0.25) is 0 Å². The highest BCUT2D eigenvalue weighted by molar-refractivity contribution is 4.82. The predicted molar refractivity (Wildman–Crippen MR) is 27.7 cm³/mol. The van der Waals surface area contributed by atoms with Crippen LogP contribution in [-0.4, -0.2) is 41.8 Å². The molecule has 0 saturated carbocycles. The second-order valence-corrected chi connectivity index (χ2v) is 2.08. The molecule has 9 heavy (non-hydrogen) atoms. The van der Waals surface area contributed by atoms with Crippen molar-refractivity contribution < 1.29 is 19.3 Å². The van der Waals surface area contributed by atoms with Crippen molar-refractivity contribution >= 4 is 0 Å². The number of aliphatic hydroxyl groups excluding tert-OH is 2. The van der Waals surface area contributed by atoms with Crippen LogP contribution < -0.4 is 0 Å². The van der Waals surface area contributed by atoms with Gasteiger partial charge < -0.3 is 14.9 Å². The van der Waals surface area contributed by atoms with E-state index in [1.807, 2.05) is 0 Å². The maximum absolute atomic E-state index is 11.7. The first-order valence-electron chi connectivity index (χ1n) is 2.79. The lowest BCUT2D eigenvalue weighted by Crippen LogP contribution is -2.30. The molecule has 3 atom stereocenters. The molecule has 2 N–H and O–H groups in total. The molecule has 0 aromatic rings. The Morgan fingerprint density at radius 1 is 1.56 bits per heavy atom. The Labute approximate surface area is 52.1 Å². The third-order valence-electron chi connectivity index (χ3n) is 1.41. The predicted octanol–water partition coefficient (Wildman–Crippen LogP) is -0.923. The summed E-state index contributed by atoms with van der Waals surface area (Å²) < 4.78 is 16.4. The summed E-state index contributed by atoms with van der Waals surface area (Å²) in [5.41, 5.74) is 0. The van der Waals surface area contributed by atoms with Gasteiger partial charge in [-0.2, -0.15) is 0 Å². The van der Waals surface area contributed by atoms with Gasteiger partial charge in [-0.15, -0.1) is 0 Å². The maximum atomic E-state index is 11.7. The molecule has 1 rings (SSSR count). The molecule has 0 radical (unpaired) electrons. The molecule has 0 aliphatic carbocycles. The van der Waals surface area contributed by atoms with Crippen LogP contribution >= 0.6 is 0 Å². The molecule has 3 nitrogen and oxygen atoms in total. The molecule has 0 amide bonds. The average Bonchev–Trinajstić information content (AvgIpc) is 2.15. The van der Waals surface area contributed by atoms with Crippen LogP contribution in [0.25, 0.3) is 0 Å². The molecule has 1 heterocycles. The van der Waals surface area contributed by atoms with Crippen molar-refractivity contribution in [2.24, 2.45) is 0 Å². The molecule has 1 aliphatic heterocycles. The molecule has 0 spiro atoms. The van der Waals surface area contributed by atoms with Crippen molar-refractivity contribution in [2.75, 3.05) is 13.3 Å². The van der Waals surface area contributed by atoms with E-state index < -0.39 is 25.0 Å². The number of hydrogen-bond acceptors (Lipinski definition) is 3. The second kappa shape index (κ2) is 2.60. The summed E-state index contributed by atoms with van der Waals surface area (Å²) in [6.07, 6.45) is -2.78. The smallest absolute Gasteiger partial charge is 0.118 e. The summed E-state index contributed by atoms with van der Waals surface area (Å²) in [6, 6.07) is 0. The number of ether oxygens (including phenoxy) is 1. The van der Waals surface area contributed by atoms with Gasteiger partial charge in [-0.1, -0.05) is 0 Å². The Bertz CT molecular complexity index is 98.2. The van der Waals surface area contributed by atoms with E-state index in [0.717, 1.165) is 0 Å². The highest BCUT2D eigenvalue weighted by Crippen LogP contribution is 2.13. The molecule has 1 saturated heterocycles. The Kier molecular flexibility index (Phi) is 2.00. The van der Waals surface area contributed by atoms with E-state index in [2.05, 4.69) is 4.74 Å². The van der Waals surface area contributed by atoms with Crippen molar-refractivity contribution in [1.29, 1.82) is 0 Å². The Hall–Kier alpha value is -0.190. The molecule has 1 unspecified atom stereocenters. The molecule has 0 bridgehead atoms. The quantitative estimate of drug-likeness (QED) is 0.490. The summed E-state index contributed by atoms with van der Waals surface area (Å²) in [4.78, 5) is 0. The van der Waals surface area contributed by atoms with Gasteiger partial charge in [0.2, 0.25) is 0 Å². The standard InChI is InChI=1S/C5H9FO3/c6-1-4-5(8)3(7)2-9-4/h3-5,7-8H,1-2H2/t3-,4?,5-/m0/s1. The van der Waals surface area contributed by atoms with Crippen molar-refractivity contribution in [1.82, 2.24) is 0 Å². The largest absolute Gasteiger partial charge is 0.388 e. The fourth-order valence-electron chi connectivity index (χ4n) is 0.803. The highest BCUT2D eigenvalue weighted by Gasteiger charge is 2.34. The first-order valence-corrected chi connectivity index (χ1v) is 2.79. The number of rotatable bonds is 1. The minimum absolute atomic E-state index is 0.0375. The second-order valence-electron chi connectivity index (χ2n) is 2.08. The van der Waals surface area contributed by atoms with Crippen LogP contribution in [0.1, 0.15) is 0 Å². The SMILES string of the molecule is O[C@@H]1C(CF)OC[C@@H]1O. The van der Waals surface area contributed by atoms with Crippen LogP contribution in [0.4, 0.5) is 4.39 Å². The summed E-state index contributed by atoms with van der Waals surface area (Å²) in [5.74, 6) is 0. The minimum Gasteiger partial charge on any atom is -0.388 e. The zero-order valence-electron chi connectivity index (χ0n) is 4.83. The third-order valence-corrected chi connectivity index (χ3v) is 1.41. The number of hydrogen-bond donors (Lipinski definition) is 2. The maximum Gasteiger partial charge on any atom is 0.118 e. The molecular weight excluding hydrogens is 127 g/mol. The third kappa shape index (κ3) is 1.20. The van der Waals surface area contributed by atoms with Gasteiger partial charge in [-0.05, 0) is 0 Å². The topological polar surface area (TPSA) is 49.7 Å². The van der Waals surface area contributed by atoms with E-state index in [9.17, 15) is 4.39 Å². The zero-order valence-corrected chi connectivity index (χ0v) is 4.83. The highest BCUT2D eigenvalue weighted by atomic mass is 19.1. The number of alkyl halides is 1. The van der Waals surface area contributed by atoms with Gasteiger partial charge in [0.25, 0.3) is 0 Å². The van der Waals surface area contributed by atoms with Crippen molar-refractivity contribution in [2.45, 2.75) is 18.3 Å².